The number of halogens is 1. The molecule has 2 saturated heterocycles. The Labute approximate surface area is 171 Å². The van der Waals surface area contributed by atoms with Gasteiger partial charge in [0.2, 0.25) is 5.91 Å². The molecule has 1 atom stereocenters. The molecule has 0 bridgehead atoms. The summed E-state index contributed by atoms with van der Waals surface area (Å²) in [6.07, 6.45) is 3.55. The van der Waals surface area contributed by atoms with Gasteiger partial charge in [0.1, 0.15) is 18.1 Å². The third kappa shape index (κ3) is 6.06. The first-order valence-electron chi connectivity index (χ1n) is 10.3. The van der Waals surface area contributed by atoms with Gasteiger partial charge < -0.3 is 24.6 Å². The van der Waals surface area contributed by atoms with E-state index in [2.05, 4.69) is 5.32 Å². The number of urea groups is 1. The normalized spacial score (nSPS) is 18.9. The van der Waals surface area contributed by atoms with Gasteiger partial charge in [-0.05, 0) is 51.7 Å². The first-order chi connectivity index (χ1) is 13.9. The summed E-state index contributed by atoms with van der Waals surface area (Å²) in [6, 6.07) is 3.54. The summed E-state index contributed by atoms with van der Waals surface area (Å²) in [5.41, 5.74) is 0.245. The number of nitrogens with one attached hydrogen (secondary N) is 1. The number of anilines is 1. The summed E-state index contributed by atoms with van der Waals surface area (Å²) in [5.74, 6) is -0.165. The fraction of sp³-hybridized carbons (Fsp3) is 0.619. The Hall–Kier alpha value is -2.35. The van der Waals surface area contributed by atoms with Crippen molar-refractivity contribution in [2.45, 2.75) is 51.7 Å². The predicted molar refractivity (Wildman–Crippen MR) is 108 cm³/mol. The van der Waals surface area contributed by atoms with Gasteiger partial charge in [-0.15, -0.1) is 0 Å². The largest absolute Gasteiger partial charge is 0.489 e. The average molecular weight is 407 g/mol. The van der Waals surface area contributed by atoms with Crippen LogP contribution in [0.15, 0.2) is 18.2 Å². The second-order valence-corrected chi connectivity index (χ2v) is 7.84. The second kappa shape index (κ2) is 9.91. The highest BCUT2D eigenvalue weighted by atomic mass is 19.1. The van der Waals surface area contributed by atoms with E-state index in [1.54, 1.807) is 4.90 Å². The van der Waals surface area contributed by atoms with Crippen LogP contribution in [-0.2, 0) is 9.53 Å². The van der Waals surface area contributed by atoms with Crippen molar-refractivity contribution in [3.63, 3.8) is 0 Å². The van der Waals surface area contributed by atoms with Crippen molar-refractivity contribution in [2.75, 3.05) is 38.1 Å². The Balaban J connectivity index is 1.73. The zero-order chi connectivity index (χ0) is 20.8. The predicted octanol–water partition coefficient (Wildman–Crippen LogP) is 3.25. The minimum absolute atomic E-state index is 0.0264. The lowest BCUT2D eigenvalue weighted by Crippen LogP contribution is -2.46. The molecule has 3 amide bonds. The molecule has 8 heteroatoms. The SMILES string of the molecule is CC(C)Oc1ccc(F)cc1NC(=O)N(CC(=O)N1CCCC1)C[C@H]1CCCO1. The Kier molecular flexibility index (Phi) is 7.30. The van der Waals surface area contributed by atoms with Crippen molar-refractivity contribution in [2.24, 2.45) is 0 Å². The number of amides is 3. The molecule has 29 heavy (non-hydrogen) atoms. The van der Waals surface area contributed by atoms with E-state index in [0.29, 0.717) is 18.9 Å². The van der Waals surface area contributed by atoms with Gasteiger partial charge >= 0.3 is 6.03 Å². The van der Waals surface area contributed by atoms with Gasteiger partial charge in [0.25, 0.3) is 0 Å². The smallest absolute Gasteiger partial charge is 0.322 e. The van der Waals surface area contributed by atoms with Crippen molar-refractivity contribution < 1.29 is 23.5 Å². The number of hydrogen-bond donors (Lipinski definition) is 1. The van der Waals surface area contributed by atoms with Crippen LogP contribution in [0.4, 0.5) is 14.9 Å². The van der Waals surface area contributed by atoms with Crippen molar-refractivity contribution in [3.8, 4) is 5.75 Å². The van der Waals surface area contributed by atoms with Crippen LogP contribution >= 0.6 is 0 Å². The fourth-order valence-electron chi connectivity index (χ4n) is 3.63. The monoisotopic (exact) mass is 407 g/mol. The molecule has 2 heterocycles. The van der Waals surface area contributed by atoms with E-state index < -0.39 is 11.8 Å². The summed E-state index contributed by atoms with van der Waals surface area (Å²) >= 11 is 0. The lowest BCUT2D eigenvalue weighted by molar-refractivity contribution is -0.130. The Morgan fingerprint density at radius 1 is 1.31 bits per heavy atom. The van der Waals surface area contributed by atoms with Crippen molar-refractivity contribution in [3.05, 3.63) is 24.0 Å². The molecule has 0 spiro atoms. The fourth-order valence-corrected chi connectivity index (χ4v) is 3.63. The van der Waals surface area contributed by atoms with Gasteiger partial charge in [-0.25, -0.2) is 9.18 Å². The van der Waals surface area contributed by atoms with E-state index >= 15 is 0 Å². The van der Waals surface area contributed by atoms with Gasteiger partial charge in [0, 0.05) is 32.3 Å². The molecule has 7 nitrogen and oxygen atoms in total. The molecule has 2 aliphatic rings. The number of ether oxygens (including phenoxy) is 2. The second-order valence-electron chi connectivity index (χ2n) is 7.84. The standard InChI is InChI=1S/C21H30FN3O4/c1-15(2)29-19-8-7-16(22)12-18(19)23-21(27)25(13-17-6-5-11-28-17)14-20(26)24-9-3-4-10-24/h7-8,12,15,17H,3-6,9-11,13-14H2,1-2H3,(H,23,27)/t17-/m1/s1. The minimum Gasteiger partial charge on any atom is -0.489 e. The summed E-state index contributed by atoms with van der Waals surface area (Å²) < 4.78 is 25.1. The van der Waals surface area contributed by atoms with Crippen LogP contribution in [0, 0.1) is 5.82 Å². The zero-order valence-electron chi connectivity index (χ0n) is 17.2. The van der Waals surface area contributed by atoms with Crippen LogP contribution in [0.3, 0.4) is 0 Å². The molecule has 0 radical (unpaired) electrons. The van der Waals surface area contributed by atoms with E-state index in [9.17, 15) is 14.0 Å². The number of benzene rings is 1. The molecule has 1 N–H and O–H groups in total. The topological polar surface area (TPSA) is 71.1 Å². The Morgan fingerprint density at radius 2 is 2.07 bits per heavy atom. The average Bonchev–Trinajstić information content (AvgIpc) is 3.36. The molecule has 160 valence electrons. The maximum absolute atomic E-state index is 13.8. The molecular weight excluding hydrogens is 377 g/mol. The zero-order valence-corrected chi connectivity index (χ0v) is 17.2. The number of carbonyl (C=O) groups excluding carboxylic acids is 2. The van der Waals surface area contributed by atoms with Crippen LogP contribution in [0.1, 0.15) is 39.5 Å². The molecular formula is C21H30FN3O4. The van der Waals surface area contributed by atoms with Crippen molar-refractivity contribution in [1.82, 2.24) is 9.80 Å². The molecule has 0 saturated carbocycles. The highest BCUT2D eigenvalue weighted by molar-refractivity contribution is 5.93. The number of carbonyl (C=O) groups is 2. The van der Waals surface area contributed by atoms with E-state index in [0.717, 1.165) is 38.8 Å². The summed E-state index contributed by atoms with van der Waals surface area (Å²) in [7, 11) is 0. The van der Waals surface area contributed by atoms with Crippen LogP contribution < -0.4 is 10.1 Å². The Bertz CT molecular complexity index is 716. The van der Waals surface area contributed by atoms with E-state index in [1.807, 2.05) is 13.8 Å². The third-order valence-corrected chi connectivity index (χ3v) is 5.07. The number of rotatable bonds is 7. The molecule has 0 aromatic heterocycles. The summed E-state index contributed by atoms with van der Waals surface area (Å²) in [5, 5.41) is 2.72. The molecule has 3 rings (SSSR count). The number of nitrogens with zero attached hydrogens (tertiary/aromatic N) is 2. The number of likely N-dealkylation sites (tertiary alicyclic amines) is 1. The van der Waals surface area contributed by atoms with Gasteiger partial charge in [0.15, 0.2) is 0 Å². The lowest BCUT2D eigenvalue weighted by atomic mass is 10.2. The molecule has 0 unspecified atom stereocenters. The van der Waals surface area contributed by atoms with Crippen LogP contribution in [0.25, 0.3) is 0 Å². The molecule has 1 aromatic carbocycles. The molecule has 2 aliphatic heterocycles. The number of hydrogen-bond acceptors (Lipinski definition) is 4. The highest BCUT2D eigenvalue weighted by Crippen LogP contribution is 2.27. The van der Waals surface area contributed by atoms with Crippen LogP contribution in [0.5, 0.6) is 5.75 Å². The van der Waals surface area contributed by atoms with Gasteiger partial charge in [-0.3, -0.25) is 4.79 Å². The van der Waals surface area contributed by atoms with Gasteiger partial charge in [0.05, 0.1) is 17.9 Å². The van der Waals surface area contributed by atoms with Gasteiger partial charge in [-0.2, -0.15) is 0 Å². The first-order valence-corrected chi connectivity index (χ1v) is 10.3. The molecule has 0 aliphatic carbocycles. The van der Waals surface area contributed by atoms with E-state index in [1.165, 1.54) is 23.1 Å². The third-order valence-electron chi connectivity index (χ3n) is 5.07. The lowest BCUT2D eigenvalue weighted by Gasteiger charge is -2.27. The summed E-state index contributed by atoms with van der Waals surface area (Å²) in [6.45, 7) is 6.12. The highest BCUT2D eigenvalue weighted by Gasteiger charge is 2.28. The van der Waals surface area contributed by atoms with Crippen LogP contribution in [0.2, 0.25) is 0 Å². The Morgan fingerprint density at radius 3 is 2.72 bits per heavy atom. The molecule has 2 fully saturated rings. The molecule has 1 aromatic rings. The van der Waals surface area contributed by atoms with Crippen molar-refractivity contribution >= 4 is 17.6 Å². The maximum Gasteiger partial charge on any atom is 0.322 e. The summed E-state index contributed by atoms with van der Waals surface area (Å²) in [4.78, 5) is 28.9. The van der Waals surface area contributed by atoms with Gasteiger partial charge in [-0.1, -0.05) is 0 Å². The van der Waals surface area contributed by atoms with Crippen LogP contribution in [-0.4, -0.2) is 66.7 Å². The van der Waals surface area contributed by atoms with Crippen molar-refractivity contribution in [1.29, 1.82) is 0 Å². The quantitative estimate of drug-likeness (QED) is 0.753. The minimum atomic E-state index is -0.477. The first kappa shape index (κ1) is 21.4. The van der Waals surface area contributed by atoms with E-state index in [-0.39, 0.29) is 30.3 Å². The maximum atomic E-state index is 13.8. The van der Waals surface area contributed by atoms with E-state index in [4.69, 9.17) is 9.47 Å².